The zero-order chi connectivity index (χ0) is 12.5. The molecule has 3 rings (SSSR count). The van der Waals surface area contributed by atoms with Crippen LogP contribution in [0.3, 0.4) is 0 Å². The summed E-state index contributed by atoms with van der Waals surface area (Å²) < 4.78 is 7.94. The number of rotatable bonds is 2. The van der Waals surface area contributed by atoms with Crippen LogP contribution in [0.5, 0.6) is 5.75 Å². The second kappa shape index (κ2) is 4.46. The quantitative estimate of drug-likeness (QED) is 0.878. The Balaban J connectivity index is 1.98. The van der Waals surface area contributed by atoms with Crippen LogP contribution >= 0.6 is 0 Å². The lowest BCUT2D eigenvalue weighted by Crippen LogP contribution is -2.34. The molecular formula is C14H17N3O. The van der Waals surface area contributed by atoms with Crippen molar-refractivity contribution in [2.45, 2.75) is 25.4 Å². The van der Waals surface area contributed by atoms with Crippen LogP contribution in [0.1, 0.15) is 30.4 Å². The number of hydrogen-bond acceptors (Lipinski definition) is 3. The highest BCUT2D eigenvalue weighted by molar-refractivity contribution is 5.38. The summed E-state index contributed by atoms with van der Waals surface area (Å²) in [4.78, 5) is 4.35. The second-order valence-corrected chi connectivity index (χ2v) is 4.55. The first-order valence-corrected chi connectivity index (χ1v) is 6.30. The van der Waals surface area contributed by atoms with Crippen LogP contribution in [0.4, 0.5) is 0 Å². The van der Waals surface area contributed by atoms with Gasteiger partial charge < -0.3 is 15.0 Å². The number of imidazole rings is 1. The Labute approximate surface area is 106 Å². The molecule has 0 saturated carbocycles. The molecule has 0 spiro atoms. The van der Waals surface area contributed by atoms with Crippen molar-refractivity contribution < 1.29 is 4.74 Å². The summed E-state index contributed by atoms with van der Waals surface area (Å²) in [6, 6.07) is 8.06. The van der Waals surface area contributed by atoms with E-state index in [1.54, 1.807) is 0 Å². The highest BCUT2D eigenvalue weighted by Crippen LogP contribution is 2.36. The molecule has 1 aromatic carbocycles. The molecule has 18 heavy (non-hydrogen) atoms. The van der Waals surface area contributed by atoms with E-state index < -0.39 is 0 Å². The van der Waals surface area contributed by atoms with E-state index in [9.17, 15) is 0 Å². The molecule has 4 heteroatoms. The van der Waals surface area contributed by atoms with Gasteiger partial charge in [0.2, 0.25) is 0 Å². The van der Waals surface area contributed by atoms with Crippen molar-refractivity contribution in [1.29, 1.82) is 0 Å². The molecule has 2 atom stereocenters. The van der Waals surface area contributed by atoms with Gasteiger partial charge in [0.05, 0.1) is 12.1 Å². The van der Waals surface area contributed by atoms with E-state index >= 15 is 0 Å². The van der Waals surface area contributed by atoms with E-state index in [1.165, 1.54) is 0 Å². The van der Waals surface area contributed by atoms with Gasteiger partial charge in [0.1, 0.15) is 18.2 Å². The monoisotopic (exact) mass is 243 g/mol. The highest BCUT2D eigenvalue weighted by atomic mass is 16.5. The molecule has 0 aliphatic carbocycles. The first kappa shape index (κ1) is 11.3. The van der Waals surface area contributed by atoms with Crippen molar-refractivity contribution in [2.75, 3.05) is 6.61 Å². The van der Waals surface area contributed by atoms with Gasteiger partial charge in [-0.05, 0) is 6.07 Å². The zero-order valence-electron chi connectivity index (χ0n) is 10.4. The fraction of sp³-hybridized carbons (Fsp3) is 0.357. The first-order chi connectivity index (χ1) is 8.81. The fourth-order valence-electron chi connectivity index (χ4n) is 2.55. The van der Waals surface area contributed by atoms with Gasteiger partial charge in [-0.15, -0.1) is 0 Å². The molecule has 2 N–H and O–H groups in total. The van der Waals surface area contributed by atoms with E-state index in [0.717, 1.165) is 23.6 Å². The van der Waals surface area contributed by atoms with Gasteiger partial charge in [-0.25, -0.2) is 4.98 Å². The molecule has 94 valence electrons. The van der Waals surface area contributed by atoms with Crippen molar-refractivity contribution in [3.8, 4) is 5.75 Å². The predicted octanol–water partition coefficient (Wildman–Crippen LogP) is 2.08. The fourth-order valence-corrected chi connectivity index (χ4v) is 2.55. The Kier molecular flexibility index (Phi) is 2.80. The minimum Gasteiger partial charge on any atom is -0.491 e. The summed E-state index contributed by atoms with van der Waals surface area (Å²) in [7, 11) is 0. The zero-order valence-corrected chi connectivity index (χ0v) is 10.4. The molecule has 0 amide bonds. The smallest absolute Gasteiger partial charge is 0.124 e. The molecule has 0 fully saturated rings. The summed E-state index contributed by atoms with van der Waals surface area (Å²) in [5.41, 5.74) is 7.45. The third-order valence-electron chi connectivity index (χ3n) is 3.52. The van der Waals surface area contributed by atoms with E-state index in [1.807, 2.05) is 36.7 Å². The lowest BCUT2D eigenvalue weighted by Gasteiger charge is -2.32. The number of hydrogen-bond donors (Lipinski definition) is 1. The molecular weight excluding hydrogens is 226 g/mol. The van der Waals surface area contributed by atoms with Crippen LogP contribution in [0.2, 0.25) is 0 Å². The largest absolute Gasteiger partial charge is 0.491 e. The standard InChI is InChI=1S/C14H17N3O/c1-2-13-16-7-8-17(13)11-9-18-12-6-4-3-5-10(12)14(11)15/h3-8,11,14H,2,9,15H2,1H3. The molecule has 1 aromatic heterocycles. The van der Waals surface area contributed by atoms with Crippen LogP contribution in [0, 0.1) is 0 Å². The number of nitrogens with two attached hydrogens (primary N) is 1. The lowest BCUT2D eigenvalue weighted by atomic mass is 9.97. The van der Waals surface area contributed by atoms with Gasteiger partial charge in [0.15, 0.2) is 0 Å². The summed E-state index contributed by atoms with van der Waals surface area (Å²) >= 11 is 0. The van der Waals surface area contributed by atoms with Crippen molar-refractivity contribution in [2.24, 2.45) is 5.73 Å². The average Bonchev–Trinajstić information content (AvgIpc) is 2.88. The van der Waals surface area contributed by atoms with Gasteiger partial charge in [0.25, 0.3) is 0 Å². The van der Waals surface area contributed by atoms with Gasteiger partial charge in [0, 0.05) is 24.4 Å². The third kappa shape index (κ3) is 1.69. The Hall–Kier alpha value is -1.81. The average molecular weight is 243 g/mol. The maximum absolute atomic E-state index is 6.38. The van der Waals surface area contributed by atoms with Crippen molar-refractivity contribution in [3.05, 3.63) is 48.0 Å². The number of ether oxygens (including phenoxy) is 1. The summed E-state index contributed by atoms with van der Waals surface area (Å²) in [5, 5.41) is 0. The first-order valence-electron chi connectivity index (χ1n) is 6.30. The Morgan fingerprint density at radius 2 is 2.28 bits per heavy atom. The Morgan fingerprint density at radius 3 is 3.11 bits per heavy atom. The van der Waals surface area contributed by atoms with E-state index in [-0.39, 0.29) is 12.1 Å². The minimum absolute atomic E-state index is 0.0468. The number of nitrogens with zero attached hydrogens (tertiary/aromatic N) is 2. The van der Waals surface area contributed by atoms with Gasteiger partial charge >= 0.3 is 0 Å². The second-order valence-electron chi connectivity index (χ2n) is 4.55. The number of para-hydroxylation sites is 1. The maximum Gasteiger partial charge on any atom is 0.124 e. The number of aryl methyl sites for hydroxylation is 1. The molecule has 0 saturated heterocycles. The normalized spacial score (nSPS) is 22.3. The summed E-state index contributed by atoms with van der Waals surface area (Å²) in [6.07, 6.45) is 4.71. The molecule has 4 nitrogen and oxygen atoms in total. The van der Waals surface area contributed by atoms with Crippen LogP contribution in [0.15, 0.2) is 36.7 Å². The summed E-state index contributed by atoms with van der Waals surface area (Å²) in [6.45, 7) is 2.70. The minimum atomic E-state index is -0.0468. The van der Waals surface area contributed by atoms with Crippen LogP contribution < -0.4 is 10.5 Å². The predicted molar refractivity (Wildman–Crippen MR) is 69.5 cm³/mol. The lowest BCUT2D eigenvalue weighted by molar-refractivity contribution is 0.195. The molecule has 1 aliphatic rings. The SMILES string of the molecule is CCc1nccn1C1COc2ccccc2C1N. The summed E-state index contributed by atoms with van der Waals surface area (Å²) in [5.74, 6) is 1.96. The maximum atomic E-state index is 6.38. The molecule has 0 bridgehead atoms. The van der Waals surface area contributed by atoms with Crippen molar-refractivity contribution >= 4 is 0 Å². The number of fused-ring (bicyclic) bond motifs is 1. The van der Waals surface area contributed by atoms with Gasteiger partial charge in [-0.3, -0.25) is 0 Å². The van der Waals surface area contributed by atoms with Crippen molar-refractivity contribution in [3.63, 3.8) is 0 Å². The molecule has 0 radical (unpaired) electrons. The number of aromatic nitrogens is 2. The molecule has 2 heterocycles. The van der Waals surface area contributed by atoms with E-state index in [2.05, 4.69) is 16.5 Å². The van der Waals surface area contributed by atoms with Gasteiger partial charge in [-0.2, -0.15) is 0 Å². The van der Waals surface area contributed by atoms with Crippen molar-refractivity contribution in [1.82, 2.24) is 9.55 Å². The van der Waals surface area contributed by atoms with E-state index in [0.29, 0.717) is 6.61 Å². The highest BCUT2D eigenvalue weighted by Gasteiger charge is 2.29. The molecule has 2 unspecified atom stereocenters. The van der Waals surface area contributed by atoms with E-state index in [4.69, 9.17) is 10.5 Å². The third-order valence-corrected chi connectivity index (χ3v) is 3.52. The Morgan fingerprint density at radius 1 is 1.44 bits per heavy atom. The Bertz CT molecular complexity index is 549. The van der Waals surface area contributed by atoms with Crippen LogP contribution in [-0.4, -0.2) is 16.2 Å². The molecule has 2 aromatic rings. The number of benzene rings is 1. The van der Waals surface area contributed by atoms with Crippen LogP contribution in [-0.2, 0) is 6.42 Å². The van der Waals surface area contributed by atoms with Crippen LogP contribution in [0.25, 0.3) is 0 Å². The van der Waals surface area contributed by atoms with Gasteiger partial charge in [-0.1, -0.05) is 25.1 Å². The topological polar surface area (TPSA) is 53.1 Å². The molecule has 1 aliphatic heterocycles.